The van der Waals surface area contributed by atoms with Gasteiger partial charge >= 0.3 is 0 Å². The molecule has 1 saturated carbocycles. The Morgan fingerprint density at radius 3 is 2.47 bits per heavy atom. The van der Waals surface area contributed by atoms with Gasteiger partial charge in [-0.25, -0.2) is 4.57 Å². The Kier molecular flexibility index (Phi) is 3.95. The van der Waals surface area contributed by atoms with Crippen molar-refractivity contribution >= 4 is 32.7 Å². The molecule has 5 aromatic rings. The topological polar surface area (TPSA) is 17.0 Å². The van der Waals surface area contributed by atoms with Crippen LogP contribution >= 0.6 is 0 Å². The van der Waals surface area contributed by atoms with Crippen LogP contribution in [-0.2, 0) is 7.05 Å². The van der Waals surface area contributed by atoms with Gasteiger partial charge in [0.25, 0.3) is 0 Å². The van der Waals surface area contributed by atoms with Crippen LogP contribution in [0.4, 0.5) is 0 Å². The fourth-order valence-corrected chi connectivity index (χ4v) is 5.33. The minimum Gasteiger partial charge on any atom is -0.454 e. The first kappa shape index (κ1) is 17.7. The van der Waals surface area contributed by atoms with Crippen LogP contribution in [0.15, 0.2) is 71.3 Å². The minimum atomic E-state index is 0.698. The van der Waals surface area contributed by atoms with Gasteiger partial charge in [-0.15, -0.1) is 0 Å². The number of benzene rings is 3. The van der Waals surface area contributed by atoms with Gasteiger partial charge in [0.15, 0.2) is 6.20 Å². The number of rotatable bonds is 2. The molecule has 3 aromatic carbocycles. The first-order valence-electron chi connectivity index (χ1n) is 11.0. The van der Waals surface area contributed by atoms with Crippen molar-refractivity contribution in [1.29, 1.82) is 0 Å². The van der Waals surface area contributed by atoms with E-state index in [-0.39, 0.29) is 0 Å². The summed E-state index contributed by atoms with van der Waals surface area (Å²) in [6.45, 7) is 2.20. The van der Waals surface area contributed by atoms with E-state index in [1.807, 2.05) is 0 Å². The first-order chi connectivity index (χ1) is 14.7. The van der Waals surface area contributed by atoms with Crippen molar-refractivity contribution in [2.24, 2.45) is 7.05 Å². The van der Waals surface area contributed by atoms with E-state index in [2.05, 4.69) is 85.4 Å². The third-order valence-corrected chi connectivity index (χ3v) is 7.00. The van der Waals surface area contributed by atoms with Crippen molar-refractivity contribution in [3.63, 3.8) is 0 Å². The molecule has 0 unspecified atom stereocenters. The Labute approximate surface area is 176 Å². The predicted octanol–water partition coefficient (Wildman–Crippen LogP) is 7.20. The second-order valence-electron chi connectivity index (χ2n) is 8.84. The molecule has 0 bridgehead atoms. The molecule has 1 aliphatic carbocycles. The van der Waals surface area contributed by atoms with Gasteiger partial charge in [0.05, 0.1) is 5.56 Å². The third-order valence-electron chi connectivity index (χ3n) is 7.00. The van der Waals surface area contributed by atoms with Gasteiger partial charge in [0.1, 0.15) is 18.2 Å². The smallest absolute Gasteiger partial charge is 0.216 e. The molecule has 0 amide bonds. The van der Waals surface area contributed by atoms with Crippen LogP contribution in [0, 0.1) is 6.92 Å². The maximum Gasteiger partial charge on any atom is 0.216 e. The third kappa shape index (κ3) is 2.60. The number of pyridine rings is 1. The van der Waals surface area contributed by atoms with Gasteiger partial charge in [0, 0.05) is 28.3 Å². The summed E-state index contributed by atoms with van der Waals surface area (Å²) >= 11 is 0. The number of fused-ring (bicyclic) bond motifs is 5. The standard InChI is InChI=1S/C28H26NO/c1-18-11-13-24-23-14-12-20-9-5-6-10-22(20)27(23)30-28(24)26(18)25-17-21(15-16-29(25)2)19-7-3-4-8-19/h5-6,9-17,19H,3-4,7-8H2,1-2H3/q+1. The molecule has 0 atom stereocenters. The number of hydrogen-bond acceptors (Lipinski definition) is 1. The van der Waals surface area contributed by atoms with Crippen molar-refractivity contribution in [2.75, 3.05) is 0 Å². The van der Waals surface area contributed by atoms with Crippen LogP contribution in [0.25, 0.3) is 44.0 Å². The van der Waals surface area contributed by atoms with Crippen LogP contribution in [0.2, 0.25) is 0 Å². The molecular formula is C28H26NO+. The number of nitrogens with zero attached hydrogens (tertiary/aromatic N) is 1. The highest BCUT2D eigenvalue weighted by atomic mass is 16.3. The van der Waals surface area contributed by atoms with Crippen molar-refractivity contribution in [3.8, 4) is 11.3 Å². The molecule has 0 radical (unpaired) electrons. The van der Waals surface area contributed by atoms with Crippen LogP contribution in [-0.4, -0.2) is 0 Å². The zero-order chi connectivity index (χ0) is 20.2. The van der Waals surface area contributed by atoms with E-state index in [1.165, 1.54) is 69.6 Å². The van der Waals surface area contributed by atoms with Crippen molar-refractivity contribution in [2.45, 2.75) is 38.5 Å². The molecule has 1 fully saturated rings. The Bertz CT molecular complexity index is 1420. The highest BCUT2D eigenvalue weighted by Crippen LogP contribution is 2.40. The molecule has 0 saturated heterocycles. The quantitative estimate of drug-likeness (QED) is 0.290. The van der Waals surface area contributed by atoms with Gasteiger partial charge in [-0.1, -0.05) is 55.3 Å². The monoisotopic (exact) mass is 392 g/mol. The molecule has 2 nitrogen and oxygen atoms in total. The summed E-state index contributed by atoms with van der Waals surface area (Å²) in [6, 6.07) is 22.1. The summed E-state index contributed by atoms with van der Waals surface area (Å²) in [4.78, 5) is 0. The summed E-state index contributed by atoms with van der Waals surface area (Å²) in [5.41, 5.74) is 7.18. The molecule has 6 rings (SSSR count). The van der Waals surface area contributed by atoms with E-state index < -0.39 is 0 Å². The highest BCUT2D eigenvalue weighted by Gasteiger charge is 2.24. The number of aryl methyl sites for hydroxylation is 2. The molecular weight excluding hydrogens is 366 g/mol. The van der Waals surface area contributed by atoms with Gasteiger partial charge in [-0.3, -0.25) is 0 Å². The largest absolute Gasteiger partial charge is 0.454 e. The fraction of sp³-hybridized carbons (Fsp3) is 0.250. The van der Waals surface area contributed by atoms with Crippen LogP contribution in [0.5, 0.6) is 0 Å². The lowest BCUT2D eigenvalue weighted by Gasteiger charge is -2.11. The molecule has 0 aliphatic heterocycles. The summed E-state index contributed by atoms with van der Waals surface area (Å²) in [6.07, 6.45) is 7.55. The zero-order valence-corrected chi connectivity index (χ0v) is 17.6. The maximum absolute atomic E-state index is 6.64. The highest BCUT2D eigenvalue weighted by molar-refractivity contribution is 6.17. The molecule has 2 heteroatoms. The Morgan fingerprint density at radius 2 is 1.60 bits per heavy atom. The Morgan fingerprint density at radius 1 is 0.833 bits per heavy atom. The predicted molar refractivity (Wildman–Crippen MR) is 124 cm³/mol. The number of furan rings is 1. The van der Waals surface area contributed by atoms with Crippen molar-refractivity contribution < 1.29 is 8.98 Å². The maximum atomic E-state index is 6.64. The summed E-state index contributed by atoms with van der Waals surface area (Å²) in [5.74, 6) is 0.698. The average Bonchev–Trinajstić information content (AvgIpc) is 3.42. The Hall–Kier alpha value is -3.13. The van der Waals surface area contributed by atoms with Gasteiger partial charge in [-0.05, 0) is 48.3 Å². The fourth-order valence-electron chi connectivity index (χ4n) is 5.33. The Balaban J connectivity index is 1.66. The lowest BCUT2D eigenvalue weighted by molar-refractivity contribution is -0.660. The lowest BCUT2D eigenvalue weighted by atomic mass is 9.94. The molecule has 30 heavy (non-hydrogen) atoms. The second-order valence-corrected chi connectivity index (χ2v) is 8.84. The molecule has 1 aliphatic rings. The molecule has 0 spiro atoms. The summed E-state index contributed by atoms with van der Waals surface area (Å²) in [5, 5.41) is 4.79. The minimum absolute atomic E-state index is 0.698. The summed E-state index contributed by atoms with van der Waals surface area (Å²) < 4.78 is 8.88. The summed E-state index contributed by atoms with van der Waals surface area (Å²) in [7, 11) is 2.14. The SMILES string of the molecule is Cc1ccc2c(oc3c4ccccc4ccc23)c1-c1cc(C2CCCC2)cc[n+]1C. The first-order valence-corrected chi connectivity index (χ1v) is 11.0. The molecule has 2 heterocycles. The molecule has 2 aromatic heterocycles. The normalized spacial score (nSPS) is 15.0. The zero-order valence-electron chi connectivity index (χ0n) is 17.6. The second kappa shape index (κ2) is 6.70. The van der Waals surface area contributed by atoms with E-state index in [1.54, 1.807) is 0 Å². The van der Waals surface area contributed by atoms with E-state index >= 15 is 0 Å². The molecule has 0 N–H and O–H groups in total. The number of aromatic nitrogens is 1. The van der Waals surface area contributed by atoms with E-state index in [4.69, 9.17) is 4.42 Å². The molecule has 148 valence electrons. The van der Waals surface area contributed by atoms with E-state index in [0.717, 1.165) is 11.2 Å². The van der Waals surface area contributed by atoms with Gasteiger partial charge < -0.3 is 4.42 Å². The van der Waals surface area contributed by atoms with Crippen LogP contribution < -0.4 is 4.57 Å². The van der Waals surface area contributed by atoms with Crippen LogP contribution in [0.3, 0.4) is 0 Å². The van der Waals surface area contributed by atoms with E-state index in [9.17, 15) is 0 Å². The van der Waals surface area contributed by atoms with Gasteiger partial charge in [0.2, 0.25) is 5.69 Å². The average molecular weight is 393 g/mol. The van der Waals surface area contributed by atoms with Crippen LogP contribution in [0.1, 0.15) is 42.7 Å². The van der Waals surface area contributed by atoms with Crippen molar-refractivity contribution in [1.82, 2.24) is 0 Å². The van der Waals surface area contributed by atoms with E-state index in [0.29, 0.717) is 5.92 Å². The lowest BCUT2D eigenvalue weighted by Crippen LogP contribution is -2.31. The van der Waals surface area contributed by atoms with Crippen molar-refractivity contribution in [3.05, 3.63) is 78.0 Å². The number of hydrogen-bond donors (Lipinski definition) is 0. The van der Waals surface area contributed by atoms with Gasteiger partial charge in [-0.2, -0.15) is 0 Å².